The number of hydrogen-bond donors (Lipinski definition) is 3. The number of benzene rings is 2. The standard InChI is InChI=1S/C21H27N3O3/c1-14(2)22-21(26)24-18-10-8-17(9-11-18)23-20(25)12-13-27-19-7-5-6-15(3)16(19)4/h5-11,14H,12-13H2,1-4H3,(H,23,25)(H2,22,24,26). The minimum absolute atomic E-state index is 0.0642. The van der Waals surface area contributed by atoms with Crippen molar-refractivity contribution in [2.75, 3.05) is 17.2 Å². The van der Waals surface area contributed by atoms with Gasteiger partial charge in [0.25, 0.3) is 0 Å². The van der Waals surface area contributed by atoms with Crippen LogP contribution in [0.4, 0.5) is 16.2 Å². The van der Waals surface area contributed by atoms with Crippen LogP contribution in [0.5, 0.6) is 5.75 Å². The fraction of sp³-hybridized carbons (Fsp3) is 0.333. The van der Waals surface area contributed by atoms with E-state index >= 15 is 0 Å². The van der Waals surface area contributed by atoms with Gasteiger partial charge < -0.3 is 20.7 Å². The van der Waals surface area contributed by atoms with Crippen LogP contribution in [0, 0.1) is 13.8 Å². The molecule has 3 amide bonds. The zero-order valence-corrected chi connectivity index (χ0v) is 16.3. The molecule has 0 aliphatic rings. The monoisotopic (exact) mass is 369 g/mol. The molecular weight excluding hydrogens is 342 g/mol. The molecule has 0 fully saturated rings. The molecule has 0 radical (unpaired) electrons. The Hall–Kier alpha value is -3.02. The van der Waals surface area contributed by atoms with E-state index in [1.807, 2.05) is 45.9 Å². The van der Waals surface area contributed by atoms with Crippen LogP contribution >= 0.6 is 0 Å². The van der Waals surface area contributed by atoms with E-state index in [1.165, 1.54) is 0 Å². The van der Waals surface area contributed by atoms with Crippen molar-refractivity contribution in [1.82, 2.24) is 5.32 Å². The Bertz CT molecular complexity index is 786. The van der Waals surface area contributed by atoms with Gasteiger partial charge in [-0.05, 0) is 69.2 Å². The van der Waals surface area contributed by atoms with E-state index in [4.69, 9.17) is 4.74 Å². The molecule has 0 saturated heterocycles. The fourth-order valence-electron chi connectivity index (χ4n) is 2.42. The van der Waals surface area contributed by atoms with Gasteiger partial charge in [0.1, 0.15) is 5.75 Å². The molecule has 27 heavy (non-hydrogen) atoms. The molecule has 144 valence electrons. The van der Waals surface area contributed by atoms with Crippen LogP contribution in [0.1, 0.15) is 31.4 Å². The van der Waals surface area contributed by atoms with Crippen molar-refractivity contribution in [3.63, 3.8) is 0 Å². The molecular formula is C21H27N3O3. The Kier molecular flexibility index (Phi) is 7.23. The van der Waals surface area contributed by atoms with E-state index in [0.717, 1.165) is 16.9 Å². The Morgan fingerprint density at radius 2 is 1.59 bits per heavy atom. The van der Waals surface area contributed by atoms with Crippen LogP contribution in [0.2, 0.25) is 0 Å². The summed E-state index contributed by atoms with van der Waals surface area (Å²) in [5, 5.41) is 8.30. The third kappa shape index (κ3) is 6.66. The molecule has 2 aromatic rings. The Morgan fingerprint density at radius 3 is 2.22 bits per heavy atom. The average Bonchev–Trinajstić information content (AvgIpc) is 2.59. The van der Waals surface area contributed by atoms with Gasteiger partial charge in [0.2, 0.25) is 5.91 Å². The second-order valence-corrected chi connectivity index (χ2v) is 6.68. The van der Waals surface area contributed by atoms with Crippen LogP contribution < -0.4 is 20.7 Å². The summed E-state index contributed by atoms with van der Waals surface area (Å²) in [5.74, 6) is 0.677. The first-order valence-corrected chi connectivity index (χ1v) is 9.01. The van der Waals surface area contributed by atoms with E-state index in [0.29, 0.717) is 18.0 Å². The lowest BCUT2D eigenvalue weighted by molar-refractivity contribution is -0.116. The highest BCUT2D eigenvalue weighted by Crippen LogP contribution is 2.20. The molecule has 0 spiro atoms. The first-order valence-electron chi connectivity index (χ1n) is 9.01. The maximum Gasteiger partial charge on any atom is 0.319 e. The SMILES string of the molecule is Cc1cccc(OCCC(=O)Nc2ccc(NC(=O)NC(C)C)cc2)c1C. The van der Waals surface area contributed by atoms with Gasteiger partial charge in [-0.1, -0.05) is 12.1 Å². The highest BCUT2D eigenvalue weighted by Gasteiger charge is 2.07. The van der Waals surface area contributed by atoms with Gasteiger partial charge >= 0.3 is 6.03 Å². The van der Waals surface area contributed by atoms with Crippen molar-refractivity contribution in [2.24, 2.45) is 0 Å². The fourth-order valence-corrected chi connectivity index (χ4v) is 2.42. The molecule has 0 atom stereocenters. The summed E-state index contributed by atoms with van der Waals surface area (Å²) in [6.45, 7) is 8.12. The number of nitrogens with one attached hydrogen (secondary N) is 3. The number of amides is 3. The molecule has 2 aromatic carbocycles. The molecule has 6 heteroatoms. The van der Waals surface area contributed by atoms with E-state index in [2.05, 4.69) is 16.0 Å². The Labute approximate surface area is 160 Å². The molecule has 0 aliphatic heterocycles. The summed E-state index contributed by atoms with van der Waals surface area (Å²) in [4.78, 5) is 23.7. The zero-order valence-electron chi connectivity index (χ0n) is 16.3. The number of ether oxygens (including phenoxy) is 1. The number of carbonyl (C=O) groups is 2. The Morgan fingerprint density at radius 1 is 0.963 bits per heavy atom. The molecule has 0 aliphatic carbocycles. The molecule has 2 rings (SSSR count). The van der Waals surface area contributed by atoms with Crippen molar-refractivity contribution in [1.29, 1.82) is 0 Å². The number of anilines is 2. The van der Waals surface area contributed by atoms with Crippen molar-refractivity contribution in [3.8, 4) is 5.75 Å². The van der Waals surface area contributed by atoms with Gasteiger partial charge in [-0.15, -0.1) is 0 Å². The van der Waals surface area contributed by atoms with Gasteiger partial charge in [0.15, 0.2) is 0 Å². The van der Waals surface area contributed by atoms with E-state index in [-0.39, 0.29) is 24.4 Å². The van der Waals surface area contributed by atoms with Crippen LogP contribution in [0.15, 0.2) is 42.5 Å². The second-order valence-electron chi connectivity index (χ2n) is 6.68. The smallest absolute Gasteiger partial charge is 0.319 e. The normalized spacial score (nSPS) is 10.4. The predicted molar refractivity (Wildman–Crippen MR) is 108 cm³/mol. The van der Waals surface area contributed by atoms with Gasteiger partial charge in [-0.25, -0.2) is 4.79 Å². The third-order valence-electron chi connectivity index (χ3n) is 3.99. The zero-order chi connectivity index (χ0) is 19.8. The molecule has 0 aromatic heterocycles. The van der Waals surface area contributed by atoms with Crippen LogP contribution in [-0.4, -0.2) is 24.6 Å². The molecule has 0 unspecified atom stereocenters. The summed E-state index contributed by atoms with van der Waals surface area (Å²) in [6, 6.07) is 12.6. The summed E-state index contributed by atoms with van der Waals surface area (Å²) in [6.07, 6.45) is 0.254. The lowest BCUT2D eigenvalue weighted by Gasteiger charge is -2.12. The summed E-state index contributed by atoms with van der Waals surface area (Å²) in [7, 11) is 0. The number of urea groups is 1. The molecule has 0 bridgehead atoms. The van der Waals surface area contributed by atoms with E-state index < -0.39 is 0 Å². The number of aryl methyl sites for hydroxylation is 1. The maximum absolute atomic E-state index is 12.1. The first kappa shape index (κ1) is 20.3. The van der Waals surface area contributed by atoms with Crippen molar-refractivity contribution < 1.29 is 14.3 Å². The average molecular weight is 369 g/mol. The lowest BCUT2D eigenvalue weighted by atomic mass is 10.1. The number of hydrogen-bond acceptors (Lipinski definition) is 3. The van der Waals surface area contributed by atoms with Crippen LogP contribution in [0.25, 0.3) is 0 Å². The van der Waals surface area contributed by atoms with E-state index in [9.17, 15) is 9.59 Å². The third-order valence-corrected chi connectivity index (χ3v) is 3.99. The molecule has 0 saturated carbocycles. The second kappa shape index (κ2) is 9.62. The molecule has 3 N–H and O–H groups in total. The minimum Gasteiger partial charge on any atom is -0.493 e. The Balaban J connectivity index is 1.78. The summed E-state index contributed by atoms with van der Waals surface area (Å²) < 4.78 is 5.71. The number of rotatable bonds is 7. The highest BCUT2D eigenvalue weighted by atomic mass is 16.5. The van der Waals surface area contributed by atoms with E-state index in [1.54, 1.807) is 24.3 Å². The van der Waals surface area contributed by atoms with Crippen molar-refractivity contribution >= 4 is 23.3 Å². The van der Waals surface area contributed by atoms with Crippen LogP contribution in [-0.2, 0) is 4.79 Å². The van der Waals surface area contributed by atoms with Crippen molar-refractivity contribution in [3.05, 3.63) is 53.6 Å². The van der Waals surface area contributed by atoms with Gasteiger partial charge in [0, 0.05) is 17.4 Å². The van der Waals surface area contributed by atoms with Gasteiger partial charge in [-0.3, -0.25) is 4.79 Å². The maximum atomic E-state index is 12.1. The molecule has 6 nitrogen and oxygen atoms in total. The summed E-state index contributed by atoms with van der Waals surface area (Å²) >= 11 is 0. The topological polar surface area (TPSA) is 79.5 Å². The predicted octanol–water partition coefficient (Wildman–Crippen LogP) is 4.24. The van der Waals surface area contributed by atoms with Crippen LogP contribution in [0.3, 0.4) is 0 Å². The quantitative estimate of drug-likeness (QED) is 0.683. The molecule has 0 heterocycles. The largest absolute Gasteiger partial charge is 0.493 e. The lowest BCUT2D eigenvalue weighted by Crippen LogP contribution is -2.34. The van der Waals surface area contributed by atoms with Crippen molar-refractivity contribution in [2.45, 2.75) is 40.2 Å². The first-order chi connectivity index (χ1) is 12.8. The summed E-state index contributed by atoms with van der Waals surface area (Å²) in [5.41, 5.74) is 3.57. The highest BCUT2D eigenvalue weighted by molar-refractivity contribution is 5.92. The minimum atomic E-state index is -0.259. The van der Waals surface area contributed by atoms with Gasteiger partial charge in [-0.2, -0.15) is 0 Å². The number of carbonyl (C=O) groups excluding carboxylic acids is 2. The van der Waals surface area contributed by atoms with Gasteiger partial charge in [0.05, 0.1) is 13.0 Å².